The molecule has 0 spiro atoms. The molecule has 0 unspecified atom stereocenters. The summed E-state index contributed by atoms with van der Waals surface area (Å²) in [6.07, 6.45) is 0. The van der Waals surface area contributed by atoms with Crippen LogP contribution >= 0.6 is 34.2 Å². The molecule has 0 radical (unpaired) electrons. The molecule has 0 atom stereocenters. The lowest BCUT2D eigenvalue weighted by atomic mass is 10.1. The number of hydrazone groups is 1. The zero-order valence-corrected chi connectivity index (χ0v) is 15.0. The summed E-state index contributed by atoms with van der Waals surface area (Å²) < 4.78 is 6.03. The normalized spacial score (nSPS) is 11.2. The number of hydrogen-bond donors (Lipinski definition) is 1. The van der Waals surface area contributed by atoms with Crippen LogP contribution in [0.3, 0.4) is 0 Å². The van der Waals surface area contributed by atoms with Crippen molar-refractivity contribution in [2.45, 2.75) is 6.92 Å². The summed E-state index contributed by atoms with van der Waals surface area (Å²) in [6.45, 7) is 1.82. The maximum absolute atomic E-state index is 12.1. The molecular formula is C16H14ClIN2O2. The molecule has 0 heterocycles. The largest absolute Gasteiger partial charge is 0.496 e. The van der Waals surface area contributed by atoms with Gasteiger partial charge in [-0.2, -0.15) is 5.10 Å². The molecule has 114 valence electrons. The summed E-state index contributed by atoms with van der Waals surface area (Å²) in [7, 11) is 1.59. The van der Waals surface area contributed by atoms with E-state index in [4.69, 9.17) is 16.3 Å². The van der Waals surface area contributed by atoms with Crippen molar-refractivity contribution in [1.82, 2.24) is 5.43 Å². The number of benzene rings is 2. The van der Waals surface area contributed by atoms with E-state index in [-0.39, 0.29) is 5.91 Å². The highest BCUT2D eigenvalue weighted by atomic mass is 127. The van der Waals surface area contributed by atoms with Gasteiger partial charge in [0.1, 0.15) is 5.75 Å². The van der Waals surface area contributed by atoms with Crippen LogP contribution in [0, 0.1) is 3.57 Å². The average Bonchev–Trinajstić information content (AvgIpc) is 2.52. The van der Waals surface area contributed by atoms with Crippen molar-refractivity contribution in [2.75, 3.05) is 7.11 Å². The third-order valence-electron chi connectivity index (χ3n) is 3.00. The van der Waals surface area contributed by atoms with E-state index in [9.17, 15) is 4.79 Å². The molecule has 2 aromatic carbocycles. The summed E-state index contributed by atoms with van der Waals surface area (Å²) in [5.41, 5.74) is 4.67. The van der Waals surface area contributed by atoms with Crippen molar-refractivity contribution in [3.8, 4) is 5.75 Å². The fourth-order valence-electron chi connectivity index (χ4n) is 1.76. The van der Waals surface area contributed by atoms with Crippen LogP contribution in [0.25, 0.3) is 0 Å². The maximum atomic E-state index is 12.1. The summed E-state index contributed by atoms with van der Waals surface area (Å²) in [4.78, 5) is 12.1. The molecule has 4 nitrogen and oxygen atoms in total. The summed E-state index contributed by atoms with van der Waals surface area (Å²) in [5.74, 6) is 0.465. The van der Waals surface area contributed by atoms with Crippen LogP contribution < -0.4 is 10.2 Å². The number of nitrogens with zero attached hydrogens (tertiary/aromatic N) is 1. The summed E-state index contributed by atoms with van der Waals surface area (Å²) >= 11 is 7.96. The van der Waals surface area contributed by atoms with Gasteiger partial charge in [-0.15, -0.1) is 0 Å². The Bertz CT molecular complexity index is 715. The minimum absolute atomic E-state index is 0.270. The van der Waals surface area contributed by atoms with Gasteiger partial charge in [0.2, 0.25) is 0 Å². The SMILES string of the molecule is COc1ccc(C(=O)N/N=C(\C)c2ccc(Cl)cc2)cc1I. The molecule has 22 heavy (non-hydrogen) atoms. The molecule has 0 aromatic heterocycles. The molecule has 0 aliphatic heterocycles. The average molecular weight is 429 g/mol. The lowest BCUT2D eigenvalue weighted by Gasteiger charge is -2.06. The predicted octanol–water partition coefficient (Wildman–Crippen LogP) is 4.11. The molecule has 0 fully saturated rings. The fraction of sp³-hybridized carbons (Fsp3) is 0.125. The first-order valence-corrected chi connectivity index (χ1v) is 7.91. The minimum Gasteiger partial charge on any atom is -0.496 e. The highest BCUT2D eigenvalue weighted by molar-refractivity contribution is 14.1. The van der Waals surface area contributed by atoms with Gasteiger partial charge >= 0.3 is 0 Å². The van der Waals surface area contributed by atoms with Crippen LogP contribution in [0.1, 0.15) is 22.8 Å². The quantitative estimate of drug-likeness (QED) is 0.453. The molecule has 2 rings (SSSR count). The number of ether oxygens (including phenoxy) is 1. The molecular weight excluding hydrogens is 415 g/mol. The number of carbonyl (C=O) groups excluding carboxylic acids is 1. The van der Waals surface area contributed by atoms with Crippen molar-refractivity contribution in [3.63, 3.8) is 0 Å². The first-order chi connectivity index (χ1) is 10.5. The maximum Gasteiger partial charge on any atom is 0.271 e. The van der Waals surface area contributed by atoms with Crippen molar-refractivity contribution >= 4 is 45.8 Å². The van der Waals surface area contributed by atoms with E-state index < -0.39 is 0 Å². The summed E-state index contributed by atoms with van der Waals surface area (Å²) in [5, 5.41) is 4.77. The van der Waals surface area contributed by atoms with Crippen LogP contribution in [0.15, 0.2) is 47.6 Å². The first-order valence-electron chi connectivity index (χ1n) is 6.45. The van der Waals surface area contributed by atoms with Gasteiger partial charge in [-0.25, -0.2) is 5.43 Å². The molecule has 1 N–H and O–H groups in total. The Balaban J connectivity index is 2.10. The Hall–Kier alpha value is -1.60. The van der Waals surface area contributed by atoms with E-state index in [1.54, 1.807) is 37.4 Å². The molecule has 0 aliphatic carbocycles. The van der Waals surface area contributed by atoms with Gasteiger partial charge in [0.05, 0.1) is 16.4 Å². The topological polar surface area (TPSA) is 50.7 Å². The predicted molar refractivity (Wildman–Crippen MR) is 96.8 cm³/mol. The Morgan fingerprint density at radius 1 is 1.18 bits per heavy atom. The third kappa shape index (κ3) is 4.20. The highest BCUT2D eigenvalue weighted by Crippen LogP contribution is 2.21. The molecule has 0 bridgehead atoms. The fourth-order valence-corrected chi connectivity index (χ4v) is 2.62. The van der Waals surface area contributed by atoms with Crippen molar-refractivity contribution in [2.24, 2.45) is 5.10 Å². The second kappa shape index (κ2) is 7.60. The van der Waals surface area contributed by atoms with Crippen LogP contribution in [-0.2, 0) is 0 Å². The van der Waals surface area contributed by atoms with Crippen molar-refractivity contribution < 1.29 is 9.53 Å². The Kier molecular flexibility index (Phi) is 5.79. The van der Waals surface area contributed by atoms with E-state index in [0.29, 0.717) is 16.3 Å². The van der Waals surface area contributed by atoms with Crippen LogP contribution in [0.4, 0.5) is 0 Å². The van der Waals surface area contributed by atoms with E-state index >= 15 is 0 Å². The van der Waals surface area contributed by atoms with Gasteiger partial charge in [0.25, 0.3) is 5.91 Å². The van der Waals surface area contributed by atoms with Crippen molar-refractivity contribution in [3.05, 3.63) is 62.2 Å². The monoisotopic (exact) mass is 428 g/mol. The van der Waals surface area contributed by atoms with Gasteiger partial charge < -0.3 is 4.74 Å². The second-order valence-corrected chi connectivity index (χ2v) is 6.09. The van der Waals surface area contributed by atoms with Crippen molar-refractivity contribution in [1.29, 1.82) is 0 Å². The number of halogens is 2. The standard InChI is InChI=1S/C16H14ClIN2O2/c1-10(11-3-6-13(17)7-4-11)19-20-16(21)12-5-8-15(22-2)14(18)9-12/h3-9H,1-2H3,(H,20,21)/b19-10+. The van der Waals surface area contributed by atoms with Crippen LogP contribution in [0.5, 0.6) is 5.75 Å². The Labute approximate surface area is 147 Å². The molecule has 2 aromatic rings. The zero-order chi connectivity index (χ0) is 16.1. The molecule has 0 saturated heterocycles. The van der Waals surface area contributed by atoms with Gasteiger partial charge in [-0.1, -0.05) is 23.7 Å². The van der Waals surface area contributed by atoms with Gasteiger partial charge in [0.15, 0.2) is 0 Å². The minimum atomic E-state index is -0.270. The number of carbonyl (C=O) groups is 1. The van der Waals surface area contributed by atoms with Crippen LogP contribution in [0.2, 0.25) is 5.02 Å². The zero-order valence-electron chi connectivity index (χ0n) is 12.1. The number of amides is 1. The second-order valence-electron chi connectivity index (χ2n) is 4.49. The van der Waals surface area contributed by atoms with E-state index in [1.165, 1.54) is 0 Å². The number of methoxy groups -OCH3 is 1. The number of nitrogens with one attached hydrogen (secondary N) is 1. The Morgan fingerprint density at radius 2 is 1.82 bits per heavy atom. The highest BCUT2D eigenvalue weighted by Gasteiger charge is 2.08. The lowest BCUT2D eigenvalue weighted by Crippen LogP contribution is -2.19. The van der Waals surface area contributed by atoms with Crippen LogP contribution in [-0.4, -0.2) is 18.7 Å². The molecule has 0 aliphatic rings. The van der Waals surface area contributed by atoms with E-state index in [0.717, 1.165) is 14.9 Å². The van der Waals surface area contributed by atoms with Gasteiger partial charge in [-0.05, 0) is 65.4 Å². The van der Waals surface area contributed by atoms with E-state index in [1.807, 2.05) is 19.1 Å². The van der Waals surface area contributed by atoms with Gasteiger partial charge in [0, 0.05) is 10.6 Å². The number of hydrogen-bond acceptors (Lipinski definition) is 3. The molecule has 0 saturated carbocycles. The Morgan fingerprint density at radius 3 is 2.41 bits per heavy atom. The molecule has 6 heteroatoms. The smallest absolute Gasteiger partial charge is 0.271 e. The summed E-state index contributed by atoms with van der Waals surface area (Å²) in [6, 6.07) is 12.5. The van der Waals surface area contributed by atoms with E-state index in [2.05, 4.69) is 33.1 Å². The first kappa shape index (κ1) is 16.8. The molecule has 1 amide bonds. The van der Waals surface area contributed by atoms with Gasteiger partial charge in [-0.3, -0.25) is 4.79 Å². The third-order valence-corrected chi connectivity index (χ3v) is 4.10. The lowest BCUT2D eigenvalue weighted by molar-refractivity contribution is 0.0954. The number of rotatable bonds is 4.